The van der Waals surface area contributed by atoms with Crippen LogP contribution in [0.1, 0.15) is 29.7 Å². The highest BCUT2D eigenvalue weighted by Crippen LogP contribution is 2.43. The molecule has 1 amide bonds. The number of benzene rings is 2. The highest BCUT2D eigenvalue weighted by Gasteiger charge is 2.48. The summed E-state index contributed by atoms with van der Waals surface area (Å²) < 4.78 is 19.2. The lowest BCUT2D eigenvalue weighted by Gasteiger charge is -2.23. The lowest BCUT2D eigenvalue weighted by Crippen LogP contribution is -2.29. The largest absolute Gasteiger partial charge is 0.507 e. The van der Waals surface area contributed by atoms with Crippen LogP contribution in [-0.2, 0) is 16.0 Å². The molecule has 1 fully saturated rings. The van der Waals surface area contributed by atoms with Crippen LogP contribution in [0, 0.1) is 5.82 Å². The number of carbonyl (C=O) groups excluding carboxylic acids is 2. The fraction of sp³-hybridized carbons (Fsp3) is 0.174. The van der Waals surface area contributed by atoms with Crippen molar-refractivity contribution in [3.63, 3.8) is 0 Å². The maximum Gasteiger partial charge on any atom is 0.301 e. The third-order valence-corrected chi connectivity index (χ3v) is 6.20. The van der Waals surface area contributed by atoms with Gasteiger partial charge in [-0.25, -0.2) is 9.37 Å². The zero-order chi connectivity index (χ0) is 21.7. The third kappa shape index (κ3) is 3.19. The van der Waals surface area contributed by atoms with Crippen LogP contribution >= 0.6 is 11.3 Å². The van der Waals surface area contributed by atoms with Crippen LogP contribution < -0.4 is 9.64 Å². The maximum absolute atomic E-state index is 13.5. The van der Waals surface area contributed by atoms with Gasteiger partial charge >= 0.3 is 5.91 Å². The molecule has 3 heterocycles. The molecular formula is C23H17FN2O4S. The van der Waals surface area contributed by atoms with Crippen molar-refractivity contribution >= 4 is 33.9 Å². The Hall–Kier alpha value is -3.52. The lowest BCUT2D eigenvalue weighted by molar-refractivity contribution is -0.132. The number of thiazole rings is 1. The minimum absolute atomic E-state index is 0.0297. The standard InChI is InChI=1S/C23H17FN2O4S/c1-12-10-15-11-14(4-7-17(15)30-12)20(27)18-19(13-2-5-16(24)6-3-13)26(22(29)21(18)28)23-25-8-9-31-23/h2-9,11-12,19,27H,10H2,1H3/b20-18-. The van der Waals surface area contributed by atoms with Gasteiger partial charge in [0, 0.05) is 23.6 Å². The molecule has 2 aliphatic heterocycles. The molecule has 6 nitrogen and oxygen atoms in total. The van der Waals surface area contributed by atoms with Crippen LogP contribution in [0.5, 0.6) is 5.75 Å². The summed E-state index contributed by atoms with van der Waals surface area (Å²) in [6, 6.07) is 9.76. The van der Waals surface area contributed by atoms with Crippen molar-refractivity contribution in [3.05, 3.63) is 82.1 Å². The van der Waals surface area contributed by atoms with E-state index in [1.807, 2.05) is 6.92 Å². The molecule has 1 saturated heterocycles. The topological polar surface area (TPSA) is 79.7 Å². The zero-order valence-electron chi connectivity index (χ0n) is 16.4. The molecule has 0 bridgehead atoms. The van der Waals surface area contributed by atoms with Gasteiger partial charge in [-0.3, -0.25) is 14.5 Å². The van der Waals surface area contributed by atoms with E-state index in [-0.39, 0.29) is 17.4 Å². The third-order valence-electron chi connectivity index (χ3n) is 5.42. The van der Waals surface area contributed by atoms with Crippen LogP contribution in [0.25, 0.3) is 5.76 Å². The first-order valence-corrected chi connectivity index (χ1v) is 10.6. The predicted molar refractivity (Wildman–Crippen MR) is 114 cm³/mol. The van der Waals surface area contributed by atoms with Crippen molar-refractivity contribution in [2.24, 2.45) is 0 Å². The fourth-order valence-electron chi connectivity index (χ4n) is 4.05. The average molecular weight is 436 g/mol. The number of aliphatic hydroxyl groups excluding tert-OH is 1. The molecule has 2 atom stereocenters. The van der Waals surface area contributed by atoms with Gasteiger partial charge in [-0.2, -0.15) is 0 Å². The molecule has 156 valence electrons. The van der Waals surface area contributed by atoms with Gasteiger partial charge in [0.1, 0.15) is 23.4 Å². The van der Waals surface area contributed by atoms with Crippen LogP contribution in [-0.4, -0.2) is 27.9 Å². The summed E-state index contributed by atoms with van der Waals surface area (Å²) in [6.45, 7) is 1.95. The normalized spacial score (nSPS) is 21.9. The molecule has 2 aromatic carbocycles. The number of hydrogen-bond donors (Lipinski definition) is 1. The minimum Gasteiger partial charge on any atom is -0.507 e. The number of ketones is 1. The Morgan fingerprint density at radius 2 is 2.00 bits per heavy atom. The molecule has 0 aliphatic carbocycles. The number of halogens is 1. The molecule has 8 heteroatoms. The average Bonchev–Trinajstić information content (AvgIpc) is 3.46. The Morgan fingerprint density at radius 1 is 1.23 bits per heavy atom. The molecule has 31 heavy (non-hydrogen) atoms. The van der Waals surface area contributed by atoms with Crippen molar-refractivity contribution in [1.82, 2.24) is 4.98 Å². The molecule has 1 aromatic heterocycles. The first kappa shape index (κ1) is 19.4. The second-order valence-electron chi connectivity index (χ2n) is 7.49. The Labute approximate surface area is 181 Å². The predicted octanol–water partition coefficient (Wildman–Crippen LogP) is 4.23. The van der Waals surface area contributed by atoms with Gasteiger partial charge in [0.2, 0.25) is 0 Å². The number of rotatable bonds is 3. The first-order chi connectivity index (χ1) is 14.9. The summed E-state index contributed by atoms with van der Waals surface area (Å²) in [5, 5.41) is 13.2. The fourth-order valence-corrected chi connectivity index (χ4v) is 4.72. The number of carbonyl (C=O) groups is 2. The summed E-state index contributed by atoms with van der Waals surface area (Å²) in [5.41, 5.74) is 1.78. The van der Waals surface area contributed by atoms with Crippen LogP contribution in [0.2, 0.25) is 0 Å². The van der Waals surface area contributed by atoms with Gasteiger partial charge in [0.15, 0.2) is 5.13 Å². The van der Waals surface area contributed by atoms with E-state index in [0.717, 1.165) is 11.3 Å². The second kappa shape index (κ2) is 7.31. The van der Waals surface area contributed by atoms with Gasteiger partial charge in [-0.15, -0.1) is 11.3 Å². The molecule has 5 rings (SSSR count). The number of fused-ring (bicyclic) bond motifs is 1. The lowest BCUT2D eigenvalue weighted by atomic mass is 9.94. The summed E-state index contributed by atoms with van der Waals surface area (Å²) in [4.78, 5) is 31.4. The minimum atomic E-state index is -0.921. The van der Waals surface area contributed by atoms with E-state index in [1.54, 1.807) is 23.6 Å². The summed E-state index contributed by atoms with van der Waals surface area (Å²) in [6.07, 6.45) is 2.25. The van der Waals surface area contributed by atoms with Gasteiger partial charge in [-0.1, -0.05) is 12.1 Å². The van der Waals surface area contributed by atoms with E-state index in [2.05, 4.69) is 4.98 Å². The number of anilines is 1. The van der Waals surface area contributed by atoms with Crippen molar-refractivity contribution in [2.45, 2.75) is 25.5 Å². The molecule has 1 N–H and O–H groups in total. The van der Waals surface area contributed by atoms with Crippen molar-refractivity contribution in [1.29, 1.82) is 0 Å². The van der Waals surface area contributed by atoms with E-state index in [9.17, 15) is 19.1 Å². The number of aliphatic hydroxyl groups is 1. The van der Waals surface area contributed by atoms with E-state index in [1.165, 1.54) is 46.7 Å². The number of Topliss-reactive ketones (excluding diaryl/α,β-unsaturated/α-hetero) is 1. The van der Waals surface area contributed by atoms with Gasteiger partial charge in [0.25, 0.3) is 5.78 Å². The highest BCUT2D eigenvalue weighted by atomic mass is 32.1. The Kier molecular flexibility index (Phi) is 4.59. The first-order valence-electron chi connectivity index (χ1n) is 9.70. The molecular weight excluding hydrogens is 419 g/mol. The van der Waals surface area contributed by atoms with Crippen molar-refractivity contribution < 1.29 is 23.8 Å². The number of aromatic nitrogens is 1. The second-order valence-corrected chi connectivity index (χ2v) is 8.36. The summed E-state index contributed by atoms with van der Waals surface area (Å²) in [7, 11) is 0. The van der Waals surface area contributed by atoms with Gasteiger partial charge in [-0.05, 0) is 48.4 Å². The summed E-state index contributed by atoms with van der Waals surface area (Å²) in [5.74, 6) is -1.59. The number of hydrogen-bond acceptors (Lipinski definition) is 6. The van der Waals surface area contributed by atoms with Crippen LogP contribution in [0.4, 0.5) is 9.52 Å². The van der Waals surface area contributed by atoms with Gasteiger partial charge in [0.05, 0.1) is 11.6 Å². The molecule has 0 saturated carbocycles. The summed E-state index contributed by atoms with van der Waals surface area (Å²) >= 11 is 1.20. The Balaban J connectivity index is 1.68. The molecule has 0 radical (unpaired) electrons. The molecule has 2 unspecified atom stereocenters. The van der Waals surface area contributed by atoms with Crippen LogP contribution in [0.3, 0.4) is 0 Å². The quantitative estimate of drug-likeness (QED) is 0.378. The van der Waals surface area contributed by atoms with Gasteiger partial charge < -0.3 is 9.84 Å². The van der Waals surface area contributed by atoms with Crippen LogP contribution in [0.15, 0.2) is 59.6 Å². The zero-order valence-corrected chi connectivity index (χ0v) is 17.2. The number of amides is 1. The van der Waals surface area contributed by atoms with Crippen molar-refractivity contribution in [2.75, 3.05) is 4.90 Å². The monoisotopic (exact) mass is 436 g/mol. The number of nitrogens with zero attached hydrogens (tertiary/aromatic N) is 2. The van der Waals surface area contributed by atoms with E-state index < -0.39 is 23.5 Å². The SMILES string of the molecule is CC1Cc2cc(/C(O)=C3/C(=O)C(=O)N(c4nccs4)C3c3ccc(F)cc3)ccc2O1. The molecule has 3 aromatic rings. The maximum atomic E-state index is 13.5. The Bertz CT molecular complexity index is 1220. The highest BCUT2D eigenvalue weighted by molar-refractivity contribution is 7.14. The number of ether oxygens (including phenoxy) is 1. The van der Waals surface area contributed by atoms with Crippen molar-refractivity contribution in [3.8, 4) is 5.75 Å². The Morgan fingerprint density at radius 3 is 2.71 bits per heavy atom. The molecule has 2 aliphatic rings. The van der Waals surface area contributed by atoms with E-state index >= 15 is 0 Å². The van der Waals surface area contributed by atoms with E-state index in [0.29, 0.717) is 22.7 Å². The van der Waals surface area contributed by atoms with E-state index in [4.69, 9.17) is 4.74 Å². The smallest absolute Gasteiger partial charge is 0.301 e. The molecule has 0 spiro atoms.